The van der Waals surface area contributed by atoms with E-state index in [0.29, 0.717) is 5.69 Å². The van der Waals surface area contributed by atoms with Crippen LogP contribution in [-0.4, -0.2) is 20.3 Å². The molecule has 2 rings (SSSR count). The first kappa shape index (κ1) is 13.4. The van der Waals surface area contributed by atoms with Crippen LogP contribution in [0, 0.1) is 13.8 Å². The summed E-state index contributed by atoms with van der Waals surface area (Å²) in [5, 5.41) is 7.40. The molecule has 0 aliphatic carbocycles. The number of nitrogens with one attached hydrogen (secondary N) is 1. The predicted molar refractivity (Wildman–Crippen MR) is 74.0 cm³/mol. The van der Waals surface area contributed by atoms with Crippen LogP contribution in [0.3, 0.4) is 0 Å². The average molecular weight is 260 g/mol. The summed E-state index contributed by atoms with van der Waals surface area (Å²) in [4.78, 5) is 12.2. The summed E-state index contributed by atoms with van der Waals surface area (Å²) in [6.45, 7) is 5.96. The Bertz CT molecular complexity index is 609. The summed E-state index contributed by atoms with van der Waals surface area (Å²) < 4.78 is 3.65. The number of rotatable bonds is 3. The Kier molecular flexibility index (Phi) is 3.46. The molecule has 1 atom stereocenters. The van der Waals surface area contributed by atoms with Crippen molar-refractivity contribution in [3.05, 3.63) is 41.0 Å². The topological polar surface area (TPSA) is 51.9 Å². The maximum atomic E-state index is 12.2. The molecule has 2 heterocycles. The second-order valence-electron chi connectivity index (χ2n) is 4.91. The molecule has 0 saturated heterocycles. The minimum absolute atomic E-state index is 0.0592. The highest BCUT2D eigenvalue weighted by atomic mass is 16.2. The Hall–Kier alpha value is -2.04. The van der Waals surface area contributed by atoms with Gasteiger partial charge in [0.2, 0.25) is 0 Å². The van der Waals surface area contributed by atoms with Crippen LogP contribution in [0.1, 0.15) is 40.4 Å². The van der Waals surface area contributed by atoms with Crippen LogP contribution in [0.2, 0.25) is 0 Å². The first-order valence-corrected chi connectivity index (χ1v) is 6.34. The van der Waals surface area contributed by atoms with Crippen molar-refractivity contribution in [3.63, 3.8) is 0 Å². The van der Waals surface area contributed by atoms with E-state index in [-0.39, 0.29) is 11.9 Å². The minimum Gasteiger partial charge on any atom is -0.347 e. The first-order chi connectivity index (χ1) is 8.91. The van der Waals surface area contributed by atoms with E-state index in [4.69, 9.17) is 0 Å². The Balaban J connectivity index is 2.20. The lowest BCUT2D eigenvalue weighted by Crippen LogP contribution is -2.28. The first-order valence-electron chi connectivity index (χ1n) is 6.34. The molecule has 0 fully saturated rings. The van der Waals surface area contributed by atoms with Crippen molar-refractivity contribution in [1.82, 2.24) is 19.7 Å². The average Bonchev–Trinajstić information content (AvgIpc) is 2.84. The monoisotopic (exact) mass is 260 g/mol. The number of nitrogens with zero attached hydrogens (tertiary/aromatic N) is 3. The van der Waals surface area contributed by atoms with Gasteiger partial charge in [-0.05, 0) is 32.9 Å². The molecule has 5 heteroatoms. The third-order valence-corrected chi connectivity index (χ3v) is 3.52. The van der Waals surface area contributed by atoms with E-state index in [1.54, 1.807) is 0 Å². The molecule has 0 aliphatic heterocycles. The number of amides is 1. The minimum atomic E-state index is -0.0670. The molecule has 102 valence electrons. The summed E-state index contributed by atoms with van der Waals surface area (Å²) in [5.41, 5.74) is 3.79. The molecule has 0 aliphatic rings. The molecule has 5 nitrogen and oxygen atoms in total. The van der Waals surface area contributed by atoms with E-state index in [2.05, 4.69) is 10.4 Å². The van der Waals surface area contributed by atoms with E-state index in [1.807, 2.05) is 62.4 Å². The number of hydrogen-bond acceptors (Lipinski definition) is 2. The highest BCUT2D eigenvalue weighted by Gasteiger charge is 2.19. The van der Waals surface area contributed by atoms with Gasteiger partial charge in [0.25, 0.3) is 5.91 Å². The molecule has 1 N–H and O–H groups in total. The zero-order chi connectivity index (χ0) is 14.2. The molecular formula is C14H20N4O. The summed E-state index contributed by atoms with van der Waals surface area (Å²) in [5.74, 6) is -0.0670. The third kappa shape index (κ3) is 2.41. The van der Waals surface area contributed by atoms with Crippen molar-refractivity contribution >= 4 is 5.91 Å². The SMILES string of the molecule is Cc1nn(C)c(C)c1[C@@H](C)NC(=O)c1cccn1C. The van der Waals surface area contributed by atoms with Crippen molar-refractivity contribution in [2.75, 3.05) is 0 Å². The fraction of sp³-hybridized carbons (Fsp3) is 0.429. The van der Waals surface area contributed by atoms with Crippen LogP contribution in [0.4, 0.5) is 0 Å². The van der Waals surface area contributed by atoms with Gasteiger partial charge in [-0.15, -0.1) is 0 Å². The molecule has 0 spiro atoms. The van der Waals surface area contributed by atoms with E-state index in [1.165, 1.54) is 0 Å². The quantitative estimate of drug-likeness (QED) is 0.916. The maximum Gasteiger partial charge on any atom is 0.268 e. The number of aryl methyl sites for hydroxylation is 3. The van der Waals surface area contributed by atoms with Gasteiger partial charge < -0.3 is 9.88 Å². The highest BCUT2D eigenvalue weighted by Crippen LogP contribution is 2.20. The molecule has 19 heavy (non-hydrogen) atoms. The second kappa shape index (κ2) is 4.91. The molecule has 0 unspecified atom stereocenters. The van der Waals surface area contributed by atoms with Crippen LogP contribution in [-0.2, 0) is 14.1 Å². The normalized spacial score (nSPS) is 12.5. The number of hydrogen-bond donors (Lipinski definition) is 1. The summed E-state index contributed by atoms with van der Waals surface area (Å²) in [6.07, 6.45) is 1.86. The van der Waals surface area contributed by atoms with Gasteiger partial charge in [0, 0.05) is 31.5 Å². The van der Waals surface area contributed by atoms with E-state index in [0.717, 1.165) is 17.0 Å². The van der Waals surface area contributed by atoms with Gasteiger partial charge in [0.1, 0.15) is 5.69 Å². The largest absolute Gasteiger partial charge is 0.347 e. The fourth-order valence-corrected chi connectivity index (χ4v) is 2.46. The van der Waals surface area contributed by atoms with Gasteiger partial charge in [-0.2, -0.15) is 5.10 Å². The maximum absolute atomic E-state index is 12.2. The van der Waals surface area contributed by atoms with Crippen molar-refractivity contribution in [1.29, 1.82) is 0 Å². The molecule has 2 aromatic rings. The number of aromatic nitrogens is 3. The number of carbonyl (C=O) groups is 1. The molecule has 0 bridgehead atoms. The van der Waals surface area contributed by atoms with Gasteiger partial charge in [0.05, 0.1) is 11.7 Å². The second-order valence-corrected chi connectivity index (χ2v) is 4.91. The summed E-state index contributed by atoms with van der Waals surface area (Å²) >= 11 is 0. The molecule has 0 aromatic carbocycles. The molecular weight excluding hydrogens is 240 g/mol. The lowest BCUT2D eigenvalue weighted by Gasteiger charge is -2.15. The van der Waals surface area contributed by atoms with Gasteiger partial charge >= 0.3 is 0 Å². The summed E-state index contributed by atoms with van der Waals surface area (Å²) in [6, 6.07) is 3.61. The van der Waals surface area contributed by atoms with Crippen LogP contribution in [0.15, 0.2) is 18.3 Å². The summed E-state index contributed by atoms with van der Waals surface area (Å²) in [7, 11) is 3.78. The highest BCUT2D eigenvalue weighted by molar-refractivity contribution is 5.93. The lowest BCUT2D eigenvalue weighted by atomic mass is 10.1. The molecule has 0 radical (unpaired) electrons. The van der Waals surface area contributed by atoms with Crippen molar-refractivity contribution in [2.24, 2.45) is 14.1 Å². The standard InChI is InChI=1S/C14H20N4O/c1-9(13-10(2)16-18(5)11(13)3)15-14(19)12-7-6-8-17(12)4/h6-9H,1-5H3,(H,15,19)/t9-/m1/s1. The Labute approximate surface area is 113 Å². The Morgan fingerprint density at radius 3 is 2.53 bits per heavy atom. The van der Waals surface area contributed by atoms with Crippen molar-refractivity contribution in [3.8, 4) is 0 Å². The third-order valence-electron chi connectivity index (χ3n) is 3.52. The molecule has 1 amide bonds. The Morgan fingerprint density at radius 2 is 2.05 bits per heavy atom. The van der Waals surface area contributed by atoms with Crippen molar-refractivity contribution in [2.45, 2.75) is 26.8 Å². The molecule has 2 aromatic heterocycles. The van der Waals surface area contributed by atoms with Crippen LogP contribution in [0.25, 0.3) is 0 Å². The van der Waals surface area contributed by atoms with Crippen LogP contribution >= 0.6 is 0 Å². The zero-order valence-corrected chi connectivity index (χ0v) is 12.1. The van der Waals surface area contributed by atoms with Crippen molar-refractivity contribution < 1.29 is 4.79 Å². The van der Waals surface area contributed by atoms with E-state index < -0.39 is 0 Å². The smallest absolute Gasteiger partial charge is 0.268 e. The zero-order valence-electron chi connectivity index (χ0n) is 12.1. The molecule has 0 saturated carbocycles. The van der Waals surface area contributed by atoms with Gasteiger partial charge in [0.15, 0.2) is 0 Å². The van der Waals surface area contributed by atoms with Gasteiger partial charge in [-0.25, -0.2) is 0 Å². The fourth-order valence-electron chi connectivity index (χ4n) is 2.46. The lowest BCUT2D eigenvalue weighted by molar-refractivity contribution is 0.0931. The van der Waals surface area contributed by atoms with Gasteiger partial charge in [-0.3, -0.25) is 9.48 Å². The predicted octanol–water partition coefficient (Wildman–Crippen LogP) is 1.87. The number of carbonyl (C=O) groups excluding carboxylic acids is 1. The van der Waals surface area contributed by atoms with Gasteiger partial charge in [-0.1, -0.05) is 0 Å². The van der Waals surface area contributed by atoms with E-state index >= 15 is 0 Å². The van der Waals surface area contributed by atoms with E-state index in [9.17, 15) is 4.79 Å². The Morgan fingerprint density at radius 1 is 1.37 bits per heavy atom. The van der Waals surface area contributed by atoms with Crippen LogP contribution < -0.4 is 5.32 Å². The van der Waals surface area contributed by atoms with Crippen LogP contribution in [0.5, 0.6) is 0 Å².